The van der Waals surface area contributed by atoms with Gasteiger partial charge < -0.3 is 10.1 Å². The molecule has 1 fully saturated rings. The maximum absolute atomic E-state index is 12.1. The van der Waals surface area contributed by atoms with Gasteiger partial charge in [0.05, 0.1) is 11.1 Å². The van der Waals surface area contributed by atoms with Crippen LogP contribution in [0.5, 0.6) is 0 Å². The Kier molecular flexibility index (Phi) is 5.10. The maximum Gasteiger partial charge on any atom is 0.320 e. The number of amides is 2. The summed E-state index contributed by atoms with van der Waals surface area (Å²) in [4.78, 5) is 16.1. The van der Waals surface area contributed by atoms with Crippen molar-refractivity contribution in [2.45, 2.75) is 25.0 Å². The topological polar surface area (TPSA) is 63.2 Å². The highest BCUT2D eigenvalue weighted by molar-refractivity contribution is 6.30. The Morgan fingerprint density at radius 2 is 2.04 bits per heavy atom. The molecule has 0 radical (unpaired) electrons. The number of anilines is 1. The van der Waals surface area contributed by atoms with Crippen LogP contribution in [-0.2, 0) is 4.74 Å². The number of ether oxygens (including phenoxy) is 1. The Hall–Kier alpha value is -2.11. The fraction of sp³-hybridized carbons (Fsp3) is 0.294. The van der Waals surface area contributed by atoms with Crippen molar-refractivity contribution in [1.29, 1.82) is 0 Å². The number of hydrogen-bond acceptors (Lipinski definition) is 3. The molecule has 5 nitrogen and oxygen atoms in total. The first kappa shape index (κ1) is 15.8. The van der Waals surface area contributed by atoms with Gasteiger partial charge in [-0.25, -0.2) is 9.78 Å². The normalized spacial score (nSPS) is 20.7. The van der Waals surface area contributed by atoms with Crippen LogP contribution in [0.25, 0.3) is 0 Å². The number of benzene rings is 1. The van der Waals surface area contributed by atoms with Crippen molar-refractivity contribution in [3.05, 3.63) is 59.2 Å². The highest BCUT2D eigenvalue weighted by Gasteiger charge is 2.25. The molecule has 1 saturated heterocycles. The van der Waals surface area contributed by atoms with Gasteiger partial charge in [-0.1, -0.05) is 41.9 Å². The van der Waals surface area contributed by atoms with Gasteiger partial charge in [-0.2, -0.15) is 0 Å². The van der Waals surface area contributed by atoms with E-state index < -0.39 is 0 Å². The van der Waals surface area contributed by atoms with E-state index in [-0.39, 0.29) is 18.2 Å². The number of rotatable bonds is 3. The predicted octanol–water partition coefficient (Wildman–Crippen LogP) is 3.78. The lowest BCUT2D eigenvalue weighted by Gasteiger charge is -2.30. The van der Waals surface area contributed by atoms with Crippen LogP contribution < -0.4 is 10.6 Å². The summed E-state index contributed by atoms with van der Waals surface area (Å²) in [5.74, 6) is 0.471. The fourth-order valence-electron chi connectivity index (χ4n) is 2.62. The molecule has 2 aromatic rings. The highest BCUT2D eigenvalue weighted by atomic mass is 35.5. The average molecular weight is 332 g/mol. The smallest absolute Gasteiger partial charge is 0.320 e. The molecule has 120 valence electrons. The molecule has 2 atom stereocenters. The molecule has 0 unspecified atom stereocenters. The van der Waals surface area contributed by atoms with E-state index in [1.807, 2.05) is 30.3 Å². The van der Waals surface area contributed by atoms with Gasteiger partial charge >= 0.3 is 6.03 Å². The minimum absolute atomic E-state index is 0.0175. The van der Waals surface area contributed by atoms with Crippen LogP contribution in [0.2, 0.25) is 5.02 Å². The lowest BCUT2D eigenvalue weighted by atomic mass is 9.97. The summed E-state index contributed by atoms with van der Waals surface area (Å²) in [5, 5.41) is 6.22. The molecule has 6 heteroatoms. The summed E-state index contributed by atoms with van der Waals surface area (Å²) in [5.41, 5.74) is 1.14. The van der Waals surface area contributed by atoms with Gasteiger partial charge in [-0.15, -0.1) is 0 Å². The molecule has 1 aliphatic rings. The van der Waals surface area contributed by atoms with Crippen molar-refractivity contribution in [1.82, 2.24) is 10.3 Å². The van der Waals surface area contributed by atoms with Gasteiger partial charge in [0.1, 0.15) is 5.82 Å². The molecule has 0 spiro atoms. The van der Waals surface area contributed by atoms with E-state index in [2.05, 4.69) is 15.6 Å². The second-order valence-electron chi connectivity index (χ2n) is 5.45. The Balaban J connectivity index is 1.55. The van der Waals surface area contributed by atoms with Crippen LogP contribution in [0, 0.1) is 0 Å². The Bertz CT molecular complexity index is 649. The van der Waals surface area contributed by atoms with Crippen molar-refractivity contribution in [3.8, 4) is 0 Å². The average Bonchev–Trinajstić information content (AvgIpc) is 2.58. The predicted molar refractivity (Wildman–Crippen MR) is 89.6 cm³/mol. The molecule has 0 bridgehead atoms. The number of carbonyl (C=O) groups excluding carboxylic acids is 1. The molecule has 23 heavy (non-hydrogen) atoms. The molecule has 0 aliphatic carbocycles. The number of nitrogens with one attached hydrogen (secondary N) is 2. The summed E-state index contributed by atoms with van der Waals surface area (Å²) in [6, 6.07) is 13.2. The number of pyridine rings is 1. The Morgan fingerprint density at radius 3 is 2.78 bits per heavy atom. The summed E-state index contributed by atoms with van der Waals surface area (Å²) >= 11 is 5.77. The number of nitrogens with zero attached hydrogens (tertiary/aromatic N) is 1. The summed E-state index contributed by atoms with van der Waals surface area (Å²) in [6.07, 6.45) is 3.07. The number of aromatic nitrogens is 1. The molecule has 1 aliphatic heterocycles. The maximum atomic E-state index is 12.1. The molecule has 1 aromatic heterocycles. The van der Waals surface area contributed by atoms with Gasteiger partial charge in [-0.3, -0.25) is 5.32 Å². The first-order valence-corrected chi connectivity index (χ1v) is 7.94. The molecule has 2 N–H and O–H groups in total. The Labute approximate surface area is 140 Å². The second kappa shape index (κ2) is 7.44. The summed E-state index contributed by atoms with van der Waals surface area (Å²) in [7, 11) is 0. The van der Waals surface area contributed by atoms with Crippen molar-refractivity contribution >= 4 is 23.4 Å². The zero-order chi connectivity index (χ0) is 16.1. The zero-order valence-electron chi connectivity index (χ0n) is 12.5. The molecular weight excluding hydrogens is 314 g/mol. The van der Waals surface area contributed by atoms with E-state index >= 15 is 0 Å². The van der Waals surface area contributed by atoms with E-state index in [1.165, 1.54) is 6.20 Å². The number of urea groups is 1. The third-order valence-corrected chi connectivity index (χ3v) is 3.98. The van der Waals surface area contributed by atoms with Crippen LogP contribution >= 0.6 is 11.6 Å². The van der Waals surface area contributed by atoms with E-state index in [0.29, 0.717) is 17.4 Å². The van der Waals surface area contributed by atoms with Crippen LogP contribution in [0.4, 0.5) is 10.6 Å². The summed E-state index contributed by atoms with van der Waals surface area (Å²) < 4.78 is 5.81. The SMILES string of the molecule is O=C(Nc1ccc(Cl)cn1)N[C@@H]1CCO[C@@H](c2ccccc2)C1. The van der Waals surface area contributed by atoms with E-state index in [9.17, 15) is 4.79 Å². The lowest BCUT2D eigenvalue weighted by Crippen LogP contribution is -2.42. The van der Waals surface area contributed by atoms with E-state index in [4.69, 9.17) is 16.3 Å². The highest BCUT2D eigenvalue weighted by Crippen LogP contribution is 2.27. The zero-order valence-corrected chi connectivity index (χ0v) is 13.3. The first-order chi connectivity index (χ1) is 11.2. The van der Waals surface area contributed by atoms with Crippen LogP contribution in [0.15, 0.2) is 48.7 Å². The minimum Gasteiger partial charge on any atom is -0.373 e. The van der Waals surface area contributed by atoms with E-state index in [0.717, 1.165) is 18.4 Å². The van der Waals surface area contributed by atoms with Crippen molar-refractivity contribution in [2.75, 3.05) is 11.9 Å². The largest absolute Gasteiger partial charge is 0.373 e. The van der Waals surface area contributed by atoms with Gasteiger partial charge in [0, 0.05) is 18.8 Å². The summed E-state index contributed by atoms with van der Waals surface area (Å²) in [6.45, 7) is 0.629. The number of halogens is 1. The third kappa shape index (κ3) is 4.43. The standard InChI is InChI=1S/C17H18ClN3O2/c18-13-6-7-16(19-11-13)21-17(22)20-14-8-9-23-15(10-14)12-4-2-1-3-5-12/h1-7,11,14-15H,8-10H2,(H2,19,20,21,22)/t14-,15-/m1/s1. The fourth-order valence-corrected chi connectivity index (χ4v) is 2.73. The lowest BCUT2D eigenvalue weighted by molar-refractivity contribution is 0.00253. The molecule has 0 saturated carbocycles. The minimum atomic E-state index is -0.265. The van der Waals surface area contributed by atoms with E-state index in [1.54, 1.807) is 12.1 Å². The van der Waals surface area contributed by atoms with Crippen LogP contribution in [0.3, 0.4) is 0 Å². The van der Waals surface area contributed by atoms with Crippen molar-refractivity contribution in [3.63, 3.8) is 0 Å². The monoisotopic (exact) mass is 331 g/mol. The molecule has 3 rings (SSSR count). The Morgan fingerprint density at radius 1 is 1.22 bits per heavy atom. The quantitative estimate of drug-likeness (QED) is 0.899. The van der Waals surface area contributed by atoms with Crippen molar-refractivity contribution < 1.29 is 9.53 Å². The van der Waals surface area contributed by atoms with Gasteiger partial charge in [0.2, 0.25) is 0 Å². The molecular formula is C17H18ClN3O2. The second-order valence-corrected chi connectivity index (χ2v) is 5.89. The van der Waals surface area contributed by atoms with Crippen LogP contribution in [0.1, 0.15) is 24.5 Å². The van der Waals surface area contributed by atoms with Gasteiger partial charge in [0.15, 0.2) is 0 Å². The molecule has 1 aromatic carbocycles. The number of hydrogen-bond donors (Lipinski definition) is 2. The van der Waals surface area contributed by atoms with Crippen molar-refractivity contribution in [2.24, 2.45) is 0 Å². The number of carbonyl (C=O) groups is 1. The van der Waals surface area contributed by atoms with Crippen LogP contribution in [-0.4, -0.2) is 23.7 Å². The molecule has 2 amide bonds. The third-order valence-electron chi connectivity index (χ3n) is 3.76. The van der Waals surface area contributed by atoms with Gasteiger partial charge in [-0.05, 0) is 30.5 Å². The first-order valence-electron chi connectivity index (χ1n) is 7.56. The molecule has 2 heterocycles. The van der Waals surface area contributed by atoms with Gasteiger partial charge in [0.25, 0.3) is 0 Å².